The second-order valence-corrected chi connectivity index (χ2v) is 18.0. The monoisotopic (exact) mass is 913 g/mol. The number of imidazole rings is 1. The molecule has 1 aliphatic carbocycles. The van der Waals surface area contributed by atoms with Crippen LogP contribution in [0.3, 0.4) is 0 Å². The summed E-state index contributed by atoms with van der Waals surface area (Å²) in [5.74, 6) is 2.93. The van der Waals surface area contributed by atoms with E-state index < -0.39 is 65.0 Å². The van der Waals surface area contributed by atoms with Crippen molar-refractivity contribution in [1.82, 2.24) is 20.2 Å². The van der Waals surface area contributed by atoms with E-state index in [9.17, 15) is 15.0 Å². The number of esters is 1. The summed E-state index contributed by atoms with van der Waals surface area (Å²) in [5, 5.41) is 25.5. The van der Waals surface area contributed by atoms with Crippen molar-refractivity contribution in [1.29, 1.82) is 0 Å². The summed E-state index contributed by atoms with van der Waals surface area (Å²) in [6.45, 7) is -0.232. The maximum absolute atomic E-state index is 16.4. The predicted octanol–water partition coefficient (Wildman–Crippen LogP) is 7.47. The average molecular weight is 914 g/mol. The molecule has 5 aromatic carbocycles. The third-order valence-electron chi connectivity index (χ3n) is 13.9. The number of aromatic nitrogens is 2. The lowest BCUT2D eigenvalue weighted by Crippen LogP contribution is -2.55. The number of morpholine rings is 1. The van der Waals surface area contributed by atoms with Gasteiger partial charge in [0.05, 0.1) is 47.9 Å². The number of aromatic hydroxyl groups is 1. The molecular formula is C54H51N5O9. The summed E-state index contributed by atoms with van der Waals surface area (Å²) in [4.78, 5) is 72.8. The molecule has 1 saturated carbocycles. The Bertz CT molecular complexity index is 2890. The second kappa shape index (κ2) is 18.4. The molecule has 4 N–H and O–H groups in total. The minimum absolute atomic E-state index is 0.0483. The van der Waals surface area contributed by atoms with Crippen molar-refractivity contribution in [3.63, 3.8) is 0 Å². The maximum Gasteiger partial charge on any atom is 0.421 e. The molecule has 4 heterocycles. The summed E-state index contributed by atoms with van der Waals surface area (Å²) >= 11 is 0. The molecule has 14 heteroatoms. The summed E-state index contributed by atoms with van der Waals surface area (Å²) in [6, 6.07) is 34.1. The highest BCUT2D eigenvalue weighted by atomic mass is 16.6. The number of cyclic esters (lactones) is 1. The zero-order valence-electron chi connectivity index (χ0n) is 37.5. The van der Waals surface area contributed by atoms with Gasteiger partial charge in [-0.3, -0.25) is 19.3 Å². The lowest BCUT2D eigenvalue weighted by molar-refractivity contribution is -0.178. The van der Waals surface area contributed by atoms with Gasteiger partial charge >= 0.3 is 12.1 Å². The number of fused-ring (bicyclic) bond motifs is 4. The number of phenolic OH excluding ortho intramolecular Hbond substituents is 1. The number of carbonyl (C=O) groups is 4. The third-order valence-corrected chi connectivity index (χ3v) is 13.9. The normalized spacial score (nSPS) is 24.1. The first-order chi connectivity index (χ1) is 33.1. The highest BCUT2D eigenvalue weighted by Crippen LogP contribution is 2.66. The van der Waals surface area contributed by atoms with Crippen LogP contribution < -0.4 is 10.2 Å². The van der Waals surface area contributed by atoms with E-state index in [0.717, 1.165) is 41.7 Å². The fourth-order valence-corrected chi connectivity index (χ4v) is 10.9. The maximum atomic E-state index is 16.4. The van der Waals surface area contributed by atoms with E-state index in [4.69, 9.17) is 14.2 Å². The van der Waals surface area contributed by atoms with Gasteiger partial charge in [0.15, 0.2) is 0 Å². The predicted molar refractivity (Wildman–Crippen MR) is 251 cm³/mol. The van der Waals surface area contributed by atoms with Crippen LogP contribution in [0.1, 0.15) is 90.4 Å². The minimum atomic E-state index is -2.08. The number of hydrogen-bond acceptors (Lipinski definition) is 11. The molecule has 3 amide bonds. The number of anilines is 1. The SMILES string of the molecule is COCCOC(=O)N1C(=O)[C@@]2(c3cc(C#CC4(O)CCCCCC4)ccc31)[C@H](C(=O)NCc1nc3ccccc3[nH]1)[C@H]1C(=O)O[C@H](c3ccccc3)[C@H](c3ccccc3)N1[C@@H]2c1ccc(O)cc1. The van der Waals surface area contributed by atoms with Crippen LogP contribution in [-0.2, 0) is 40.6 Å². The Hall–Kier alpha value is -7.31. The number of ether oxygens (including phenoxy) is 3. The van der Waals surface area contributed by atoms with E-state index in [2.05, 4.69) is 27.1 Å². The highest BCUT2D eigenvalue weighted by molar-refractivity contribution is 6.23. The number of benzene rings is 5. The van der Waals surface area contributed by atoms with Crippen LogP contribution >= 0.6 is 0 Å². The Morgan fingerprint density at radius 1 is 0.838 bits per heavy atom. The standard InChI is InChI=1S/C54H51N5O9/c1-66-30-31-67-52(64)58-42-25-20-34(26-29-53(65)27-12-2-3-13-28-53)32-39(42)54(51(58)63)44(49(61)55-33-43-56-40-18-10-11-19-41(40)57-43)46-50(62)68-47(36-16-8-5-9-17-36)45(35-14-6-4-7-15-35)59(46)48(54)37-21-23-38(60)24-22-37/h4-11,14-25,32,44-48,60,65H,2-3,12-13,27-28,30-31,33H2,1H3,(H,55,61)(H,56,57)/t44-,45-,46-,47+,48+,54-/m0/s1. The highest BCUT2D eigenvalue weighted by Gasteiger charge is 2.75. The Morgan fingerprint density at radius 2 is 1.53 bits per heavy atom. The van der Waals surface area contributed by atoms with E-state index in [1.807, 2.05) is 89.8 Å². The van der Waals surface area contributed by atoms with Crippen LogP contribution in [0.2, 0.25) is 0 Å². The van der Waals surface area contributed by atoms with Crippen molar-refractivity contribution in [3.8, 4) is 17.6 Å². The fourth-order valence-electron chi connectivity index (χ4n) is 10.9. The second-order valence-electron chi connectivity index (χ2n) is 18.0. The molecule has 0 unspecified atom stereocenters. The van der Waals surface area contributed by atoms with Crippen molar-refractivity contribution in [3.05, 3.63) is 161 Å². The van der Waals surface area contributed by atoms with Gasteiger partial charge in [-0.2, -0.15) is 0 Å². The van der Waals surface area contributed by atoms with Crippen LogP contribution in [0.4, 0.5) is 10.5 Å². The molecule has 4 aliphatic rings. The van der Waals surface area contributed by atoms with Crippen LogP contribution in [0.25, 0.3) is 11.0 Å². The van der Waals surface area contributed by atoms with Crippen LogP contribution in [0, 0.1) is 17.8 Å². The van der Waals surface area contributed by atoms with Gasteiger partial charge in [-0.25, -0.2) is 14.7 Å². The summed E-state index contributed by atoms with van der Waals surface area (Å²) < 4.78 is 17.4. The van der Waals surface area contributed by atoms with Crippen molar-refractivity contribution < 1.29 is 43.6 Å². The fraction of sp³-hybridized carbons (Fsp3) is 0.315. The number of phenols is 1. The number of methoxy groups -OCH3 is 1. The number of amides is 3. The molecule has 10 rings (SSSR count). The topological polar surface area (TPSA) is 184 Å². The quantitative estimate of drug-likeness (QED) is 0.0489. The number of carbonyl (C=O) groups excluding carboxylic acids is 4. The van der Waals surface area contributed by atoms with E-state index in [-0.39, 0.29) is 36.8 Å². The van der Waals surface area contributed by atoms with Gasteiger partial charge in [0.1, 0.15) is 41.3 Å². The number of H-pyrrole nitrogens is 1. The van der Waals surface area contributed by atoms with Crippen LogP contribution in [0.15, 0.2) is 127 Å². The number of nitrogens with zero attached hydrogens (tertiary/aromatic N) is 3. The van der Waals surface area contributed by atoms with Gasteiger partial charge in [-0.1, -0.05) is 110 Å². The zero-order chi connectivity index (χ0) is 47.0. The van der Waals surface area contributed by atoms with Gasteiger partial charge in [0.2, 0.25) is 11.8 Å². The third kappa shape index (κ3) is 7.86. The van der Waals surface area contributed by atoms with Gasteiger partial charge < -0.3 is 34.7 Å². The summed E-state index contributed by atoms with van der Waals surface area (Å²) in [7, 11) is 1.46. The Balaban J connectivity index is 1.23. The van der Waals surface area contributed by atoms with Crippen LogP contribution in [-0.4, -0.2) is 80.9 Å². The number of aliphatic hydroxyl groups is 1. The molecule has 1 aromatic heterocycles. The number of rotatable bonds is 9. The molecule has 6 atom stereocenters. The van der Waals surface area contributed by atoms with Gasteiger partial charge in [0.25, 0.3) is 0 Å². The van der Waals surface area contributed by atoms with Gasteiger partial charge in [0, 0.05) is 12.7 Å². The minimum Gasteiger partial charge on any atom is -0.508 e. The summed E-state index contributed by atoms with van der Waals surface area (Å²) in [6.07, 6.45) is 2.73. The molecule has 346 valence electrons. The molecule has 68 heavy (non-hydrogen) atoms. The number of para-hydroxylation sites is 2. The van der Waals surface area contributed by atoms with E-state index in [0.29, 0.717) is 40.9 Å². The first-order valence-electron chi connectivity index (χ1n) is 23.1. The first kappa shape index (κ1) is 44.5. The number of hydrogen-bond donors (Lipinski definition) is 4. The molecule has 0 bridgehead atoms. The molecule has 3 fully saturated rings. The summed E-state index contributed by atoms with van der Waals surface area (Å²) in [5.41, 5.74) is 0.821. The molecule has 2 saturated heterocycles. The lowest BCUT2D eigenvalue weighted by Gasteiger charge is -2.46. The molecule has 6 aromatic rings. The van der Waals surface area contributed by atoms with E-state index in [1.165, 1.54) is 19.2 Å². The molecule has 0 radical (unpaired) electrons. The smallest absolute Gasteiger partial charge is 0.421 e. The number of imide groups is 1. The van der Waals surface area contributed by atoms with Gasteiger partial charge in [-0.05, 0) is 90.4 Å². The average Bonchev–Trinajstić information content (AvgIpc) is 3.94. The molecule has 14 nitrogen and oxygen atoms in total. The Kier molecular flexibility index (Phi) is 12.1. The molecular weight excluding hydrogens is 863 g/mol. The van der Waals surface area contributed by atoms with Crippen LogP contribution in [0.5, 0.6) is 5.75 Å². The first-order valence-corrected chi connectivity index (χ1v) is 23.1. The van der Waals surface area contributed by atoms with Crippen molar-refractivity contribution >= 4 is 40.6 Å². The molecule has 1 spiro atoms. The van der Waals surface area contributed by atoms with Gasteiger partial charge in [-0.15, -0.1) is 0 Å². The molecule has 3 aliphatic heterocycles. The van der Waals surface area contributed by atoms with Crippen molar-refractivity contribution in [2.75, 3.05) is 25.2 Å². The Morgan fingerprint density at radius 3 is 2.24 bits per heavy atom. The van der Waals surface area contributed by atoms with E-state index in [1.54, 1.807) is 30.3 Å². The largest absolute Gasteiger partial charge is 0.508 e. The zero-order valence-corrected chi connectivity index (χ0v) is 37.5. The van der Waals surface area contributed by atoms with Crippen molar-refractivity contribution in [2.45, 2.75) is 80.3 Å². The van der Waals surface area contributed by atoms with E-state index >= 15 is 14.4 Å². The van der Waals surface area contributed by atoms with Crippen molar-refractivity contribution in [2.24, 2.45) is 5.92 Å². The Labute approximate surface area is 393 Å². The number of aromatic amines is 1. The lowest BCUT2D eigenvalue weighted by atomic mass is 9.65. The number of nitrogens with one attached hydrogen (secondary N) is 2.